The van der Waals surface area contributed by atoms with Gasteiger partial charge in [-0.25, -0.2) is 8.42 Å². The van der Waals surface area contributed by atoms with Crippen LogP contribution in [0.3, 0.4) is 0 Å². The fourth-order valence-electron chi connectivity index (χ4n) is 4.36. The maximum absolute atomic E-state index is 14.2. The van der Waals surface area contributed by atoms with Gasteiger partial charge < -0.3 is 10.2 Å². The van der Waals surface area contributed by atoms with Gasteiger partial charge in [-0.2, -0.15) is 0 Å². The number of carbonyl (C=O) groups is 2. The molecule has 0 bridgehead atoms. The predicted octanol–water partition coefficient (Wildman–Crippen LogP) is 5.53. The molecule has 1 atom stereocenters. The van der Waals surface area contributed by atoms with Crippen molar-refractivity contribution in [3.63, 3.8) is 0 Å². The Bertz CT molecular complexity index is 1570. The molecule has 0 aliphatic rings. The van der Waals surface area contributed by atoms with Crippen LogP contribution in [0.25, 0.3) is 0 Å². The van der Waals surface area contributed by atoms with E-state index in [0.717, 1.165) is 19.0 Å². The molecule has 0 unspecified atom stereocenters. The summed E-state index contributed by atoms with van der Waals surface area (Å²) < 4.78 is 29.8. The Morgan fingerprint density at radius 2 is 1.41 bits per heavy atom. The smallest absolute Gasteiger partial charge is 0.264 e. The second-order valence-electron chi connectivity index (χ2n) is 9.27. The van der Waals surface area contributed by atoms with Crippen molar-refractivity contribution in [3.8, 4) is 0 Å². The van der Waals surface area contributed by atoms with Crippen LogP contribution in [0.4, 0.5) is 5.69 Å². The highest BCUT2D eigenvalue weighted by molar-refractivity contribution is 14.1. The first-order chi connectivity index (χ1) is 19.7. The standard InChI is InChI=1S/C31H29ClIN3O4S/c1-34-31(38)29(20-23-8-4-2-5-9-23)35(21-24-12-14-25(32)15-13-24)30(37)22-36(27-18-16-26(33)17-19-27)41(39,40)28-10-6-3-7-11-28/h2-19,29H,20-22H2,1H3,(H,34,38)/t29-/m0/s1. The van der Waals surface area contributed by atoms with Gasteiger partial charge in [0.25, 0.3) is 10.0 Å². The molecule has 0 aliphatic carbocycles. The molecular weight excluding hydrogens is 673 g/mol. The summed E-state index contributed by atoms with van der Waals surface area (Å²) in [5.41, 5.74) is 1.95. The monoisotopic (exact) mass is 701 g/mol. The molecule has 0 fully saturated rings. The van der Waals surface area contributed by atoms with Crippen LogP contribution in [0.5, 0.6) is 0 Å². The van der Waals surface area contributed by atoms with Gasteiger partial charge in [0.05, 0.1) is 10.6 Å². The zero-order valence-electron chi connectivity index (χ0n) is 22.3. The lowest BCUT2D eigenvalue weighted by Crippen LogP contribution is -2.53. The zero-order valence-corrected chi connectivity index (χ0v) is 26.0. The molecule has 2 amide bonds. The molecule has 4 aromatic carbocycles. The van der Waals surface area contributed by atoms with Gasteiger partial charge in [-0.3, -0.25) is 13.9 Å². The van der Waals surface area contributed by atoms with E-state index in [4.69, 9.17) is 11.6 Å². The van der Waals surface area contributed by atoms with E-state index in [1.165, 1.54) is 24.1 Å². The summed E-state index contributed by atoms with van der Waals surface area (Å²) in [4.78, 5) is 29.0. The molecule has 0 aliphatic heterocycles. The van der Waals surface area contributed by atoms with E-state index in [0.29, 0.717) is 10.7 Å². The Hall–Kier alpha value is -3.41. The van der Waals surface area contributed by atoms with Gasteiger partial charge in [0.1, 0.15) is 12.6 Å². The fourth-order valence-corrected chi connectivity index (χ4v) is 6.28. The lowest BCUT2D eigenvalue weighted by Gasteiger charge is -2.33. The number of sulfonamides is 1. The topological polar surface area (TPSA) is 86.8 Å². The van der Waals surface area contributed by atoms with Crippen molar-refractivity contribution >= 4 is 61.7 Å². The Kier molecular flexibility index (Phi) is 10.4. The van der Waals surface area contributed by atoms with Gasteiger partial charge in [0.15, 0.2) is 0 Å². The van der Waals surface area contributed by atoms with Crippen molar-refractivity contribution in [2.45, 2.75) is 23.9 Å². The number of benzene rings is 4. The third kappa shape index (κ3) is 7.87. The highest BCUT2D eigenvalue weighted by Gasteiger charge is 2.34. The van der Waals surface area contributed by atoms with E-state index < -0.39 is 28.5 Å². The van der Waals surface area contributed by atoms with Crippen molar-refractivity contribution in [1.29, 1.82) is 0 Å². The normalized spacial score (nSPS) is 11.9. The Balaban J connectivity index is 1.77. The van der Waals surface area contributed by atoms with Crippen LogP contribution < -0.4 is 9.62 Å². The zero-order chi connectivity index (χ0) is 29.4. The van der Waals surface area contributed by atoms with E-state index in [1.54, 1.807) is 66.7 Å². The first kappa shape index (κ1) is 30.5. The van der Waals surface area contributed by atoms with E-state index >= 15 is 0 Å². The summed E-state index contributed by atoms with van der Waals surface area (Å²) in [5.74, 6) is -0.884. The van der Waals surface area contributed by atoms with Gasteiger partial charge >= 0.3 is 0 Å². The molecule has 0 heterocycles. The molecule has 7 nitrogen and oxygen atoms in total. The molecule has 0 spiro atoms. The Morgan fingerprint density at radius 3 is 2.00 bits per heavy atom. The second kappa shape index (κ2) is 14.0. The third-order valence-corrected chi connectivity index (χ3v) is 9.27. The van der Waals surface area contributed by atoms with E-state index in [1.807, 2.05) is 30.3 Å². The van der Waals surface area contributed by atoms with Crippen LogP contribution in [0.2, 0.25) is 5.02 Å². The van der Waals surface area contributed by atoms with E-state index in [2.05, 4.69) is 27.9 Å². The minimum atomic E-state index is -4.12. The number of amides is 2. The molecule has 0 aromatic heterocycles. The van der Waals surface area contributed by atoms with E-state index in [-0.39, 0.29) is 23.8 Å². The van der Waals surface area contributed by atoms with Crippen molar-refractivity contribution in [1.82, 2.24) is 10.2 Å². The average Bonchev–Trinajstić information content (AvgIpc) is 2.99. The molecule has 4 rings (SSSR count). The number of nitrogens with one attached hydrogen (secondary N) is 1. The van der Waals surface area contributed by atoms with Crippen LogP contribution >= 0.6 is 34.2 Å². The van der Waals surface area contributed by atoms with Gasteiger partial charge in [-0.05, 0) is 82.2 Å². The lowest BCUT2D eigenvalue weighted by molar-refractivity contribution is -0.139. The number of likely N-dealkylation sites (N-methyl/N-ethyl adjacent to an activating group) is 1. The summed E-state index contributed by atoms with van der Waals surface area (Å²) in [7, 11) is -2.60. The molecule has 0 radical (unpaired) electrons. The molecule has 0 saturated carbocycles. The van der Waals surface area contributed by atoms with Crippen LogP contribution in [0.1, 0.15) is 11.1 Å². The number of nitrogens with zero attached hydrogens (tertiary/aromatic N) is 2. The summed E-state index contributed by atoms with van der Waals surface area (Å²) >= 11 is 8.23. The van der Waals surface area contributed by atoms with Gasteiger partial charge in [-0.15, -0.1) is 0 Å². The molecular formula is C31H29ClIN3O4S. The van der Waals surface area contributed by atoms with Crippen molar-refractivity contribution < 1.29 is 18.0 Å². The summed E-state index contributed by atoms with van der Waals surface area (Å²) in [6, 6.07) is 30.3. The average molecular weight is 702 g/mol. The van der Waals surface area contributed by atoms with Crippen molar-refractivity contribution in [2.24, 2.45) is 0 Å². The minimum absolute atomic E-state index is 0.0581. The first-order valence-corrected chi connectivity index (χ1v) is 15.7. The third-order valence-electron chi connectivity index (χ3n) is 6.51. The summed E-state index contributed by atoms with van der Waals surface area (Å²) in [6.07, 6.45) is 0.245. The molecule has 10 heteroatoms. The predicted molar refractivity (Wildman–Crippen MR) is 170 cm³/mol. The number of carbonyl (C=O) groups excluding carboxylic acids is 2. The van der Waals surface area contributed by atoms with Gasteiger partial charge in [-0.1, -0.05) is 72.3 Å². The number of anilines is 1. The summed E-state index contributed by atoms with van der Waals surface area (Å²) in [5, 5.41) is 3.22. The molecule has 212 valence electrons. The first-order valence-electron chi connectivity index (χ1n) is 12.8. The largest absolute Gasteiger partial charge is 0.357 e. The second-order valence-corrected chi connectivity index (χ2v) is 12.8. The minimum Gasteiger partial charge on any atom is -0.357 e. The van der Waals surface area contributed by atoms with Crippen LogP contribution in [0, 0.1) is 3.57 Å². The fraction of sp³-hybridized carbons (Fsp3) is 0.161. The maximum Gasteiger partial charge on any atom is 0.264 e. The number of hydrogen-bond donors (Lipinski definition) is 1. The molecule has 4 aromatic rings. The van der Waals surface area contributed by atoms with Crippen molar-refractivity contribution in [3.05, 3.63) is 129 Å². The number of rotatable bonds is 11. The molecule has 41 heavy (non-hydrogen) atoms. The number of hydrogen-bond acceptors (Lipinski definition) is 4. The maximum atomic E-state index is 14.2. The Morgan fingerprint density at radius 1 is 0.829 bits per heavy atom. The number of halogens is 2. The SMILES string of the molecule is CNC(=O)[C@H](Cc1ccccc1)N(Cc1ccc(Cl)cc1)C(=O)CN(c1ccc(I)cc1)S(=O)(=O)c1ccccc1. The van der Waals surface area contributed by atoms with Gasteiger partial charge in [0.2, 0.25) is 11.8 Å². The molecule has 0 saturated heterocycles. The van der Waals surface area contributed by atoms with Crippen LogP contribution in [-0.2, 0) is 32.6 Å². The van der Waals surface area contributed by atoms with Crippen LogP contribution in [-0.4, -0.2) is 44.8 Å². The van der Waals surface area contributed by atoms with Crippen molar-refractivity contribution in [2.75, 3.05) is 17.9 Å². The van der Waals surface area contributed by atoms with Crippen LogP contribution in [0.15, 0.2) is 114 Å². The lowest BCUT2D eigenvalue weighted by atomic mass is 10.0. The van der Waals surface area contributed by atoms with Gasteiger partial charge in [0, 0.05) is 28.6 Å². The summed E-state index contributed by atoms with van der Waals surface area (Å²) in [6.45, 7) is -0.430. The highest BCUT2D eigenvalue weighted by Crippen LogP contribution is 2.26. The molecule has 1 N–H and O–H groups in total. The van der Waals surface area contributed by atoms with E-state index in [9.17, 15) is 18.0 Å². The highest BCUT2D eigenvalue weighted by atomic mass is 127. The Labute approximate surface area is 259 Å². The quantitative estimate of drug-likeness (QED) is 0.209.